The van der Waals surface area contributed by atoms with Gasteiger partial charge in [0, 0.05) is 17.2 Å². The van der Waals surface area contributed by atoms with Crippen LogP contribution in [0.2, 0.25) is 0 Å². The van der Waals surface area contributed by atoms with Gasteiger partial charge in [0.25, 0.3) is 0 Å². The van der Waals surface area contributed by atoms with Crippen LogP contribution in [-0.2, 0) is 6.61 Å². The van der Waals surface area contributed by atoms with Crippen molar-refractivity contribution >= 4 is 13.4 Å². The molecule has 2 nitrogen and oxygen atoms in total. The Hall–Kier alpha value is -1.11. The predicted molar refractivity (Wildman–Crippen MR) is 97.8 cm³/mol. The van der Waals surface area contributed by atoms with Gasteiger partial charge in [0.1, 0.15) is 0 Å². The smallest absolute Gasteiger partial charge is 0.0702 e. The van der Waals surface area contributed by atoms with Crippen molar-refractivity contribution in [3.63, 3.8) is 0 Å². The first kappa shape index (κ1) is 17.2. The molecule has 1 heterocycles. The summed E-state index contributed by atoms with van der Waals surface area (Å²) >= 11 is 0. The lowest BCUT2D eigenvalue weighted by Crippen LogP contribution is -2.34. The molecule has 0 atom stereocenters. The van der Waals surface area contributed by atoms with E-state index in [1.54, 1.807) is 0 Å². The Kier molecular flexibility index (Phi) is 4.84. The molecule has 0 aliphatic rings. The van der Waals surface area contributed by atoms with Gasteiger partial charge in [0.05, 0.1) is 12.3 Å². The molecule has 0 aliphatic heterocycles. The van der Waals surface area contributed by atoms with Crippen LogP contribution in [0.25, 0.3) is 5.69 Å². The number of benzene rings is 1. The van der Waals surface area contributed by atoms with Crippen molar-refractivity contribution < 1.29 is 5.11 Å². The fourth-order valence-corrected chi connectivity index (χ4v) is 7.34. The van der Waals surface area contributed by atoms with Crippen LogP contribution in [0.15, 0.2) is 42.6 Å². The summed E-state index contributed by atoms with van der Waals surface area (Å²) in [5.41, 5.74) is 3.43. The largest absolute Gasteiger partial charge is 0.392 e. The molecule has 2 rings (SSSR count). The number of nitrogens with zero attached hydrogens (tertiary/aromatic N) is 1. The number of hydrogen-bond donors (Lipinski definition) is 1. The van der Waals surface area contributed by atoms with Gasteiger partial charge < -0.3 is 9.67 Å². The van der Waals surface area contributed by atoms with E-state index in [2.05, 4.69) is 70.5 Å². The summed E-state index contributed by atoms with van der Waals surface area (Å²) in [6.07, 6.45) is 2.12. The van der Waals surface area contributed by atoms with Crippen molar-refractivity contribution in [2.45, 2.75) is 58.5 Å². The first-order valence-corrected chi connectivity index (χ1v) is 9.17. The van der Waals surface area contributed by atoms with E-state index in [0.29, 0.717) is 0 Å². The fraction of sp³-hybridized carbons (Fsp3) is 0.474. The van der Waals surface area contributed by atoms with Crippen molar-refractivity contribution in [3.05, 3.63) is 48.2 Å². The monoisotopic (exact) mass is 317 g/mol. The summed E-state index contributed by atoms with van der Waals surface area (Å²) < 4.78 is 2.27. The number of para-hydroxylation sites is 1. The predicted octanol–water partition coefficient (Wildman–Crippen LogP) is 4.67. The summed E-state index contributed by atoms with van der Waals surface area (Å²) in [5.74, 6) is 0. The standard InChI is InChI=1S/C19H28NOP/c1-18(2,3)22(19(4,5)6)17-12-9-13-20(17)16-11-8-7-10-15(16)14-21/h7-13,21H,14H2,1-6H3. The summed E-state index contributed by atoms with van der Waals surface area (Å²) in [4.78, 5) is 0. The quantitative estimate of drug-likeness (QED) is 0.817. The molecule has 0 saturated heterocycles. The molecule has 1 aromatic heterocycles. The zero-order valence-corrected chi connectivity index (χ0v) is 15.5. The Morgan fingerprint density at radius 3 is 2.05 bits per heavy atom. The SMILES string of the molecule is CC(C)(C)P(c1cccn1-c1ccccc1CO)C(C)(C)C. The topological polar surface area (TPSA) is 25.2 Å². The molecule has 0 radical (unpaired) electrons. The molecule has 0 unspecified atom stereocenters. The van der Waals surface area contributed by atoms with Gasteiger partial charge in [-0.3, -0.25) is 0 Å². The zero-order valence-electron chi connectivity index (χ0n) is 14.6. The highest BCUT2D eigenvalue weighted by molar-refractivity contribution is 7.68. The lowest BCUT2D eigenvalue weighted by atomic mass is 10.2. The van der Waals surface area contributed by atoms with E-state index in [9.17, 15) is 5.11 Å². The van der Waals surface area contributed by atoms with E-state index in [1.807, 2.05) is 18.2 Å². The molecular weight excluding hydrogens is 289 g/mol. The summed E-state index contributed by atoms with van der Waals surface area (Å²) in [7, 11) is -0.381. The lowest BCUT2D eigenvalue weighted by Gasteiger charge is -2.42. The first-order valence-electron chi connectivity index (χ1n) is 7.83. The average molecular weight is 317 g/mol. The normalized spacial score (nSPS) is 12.9. The summed E-state index contributed by atoms with van der Waals surface area (Å²) in [6.45, 7) is 14.1. The van der Waals surface area contributed by atoms with Gasteiger partial charge in [-0.25, -0.2) is 0 Å². The molecule has 2 aromatic rings. The minimum absolute atomic E-state index is 0.0662. The molecule has 0 amide bonds. The molecule has 1 aromatic carbocycles. The molecule has 1 N–H and O–H groups in total. The van der Waals surface area contributed by atoms with Crippen molar-refractivity contribution in [1.82, 2.24) is 4.57 Å². The Balaban J connectivity index is 2.62. The Morgan fingerprint density at radius 2 is 1.50 bits per heavy atom. The van der Waals surface area contributed by atoms with Gasteiger partial charge in [-0.1, -0.05) is 59.7 Å². The van der Waals surface area contributed by atoms with Crippen molar-refractivity contribution in [1.29, 1.82) is 0 Å². The van der Waals surface area contributed by atoms with Crippen molar-refractivity contribution in [3.8, 4) is 5.69 Å². The maximum atomic E-state index is 9.66. The van der Waals surface area contributed by atoms with Crippen LogP contribution in [0.1, 0.15) is 47.1 Å². The van der Waals surface area contributed by atoms with Crippen LogP contribution in [0, 0.1) is 0 Å². The van der Waals surface area contributed by atoms with Gasteiger partial charge in [0.2, 0.25) is 0 Å². The molecule has 0 saturated carbocycles. The zero-order chi connectivity index (χ0) is 16.5. The molecular formula is C19H28NOP. The molecule has 0 aliphatic carbocycles. The minimum atomic E-state index is -0.381. The van der Waals surface area contributed by atoms with Crippen LogP contribution in [-0.4, -0.2) is 20.0 Å². The van der Waals surface area contributed by atoms with E-state index in [0.717, 1.165) is 11.3 Å². The highest BCUT2D eigenvalue weighted by Crippen LogP contribution is 2.58. The van der Waals surface area contributed by atoms with Crippen LogP contribution >= 0.6 is 7.92 Å². The van der Waals surface area contributed by atoms with Gasteiger partial charge in [-0.2, -0.15) is 0 Å². The first-order chi connectivity index (χ1) is 10.2. The van der Waals surface area contributed by atoms with E-state index in [4.69, 9.17) is 0 Å². The average Bonchev–Trinajstić information content (AvgIpc) is 2.83. The van der Waals surface area contributed by atoms with E-state index in [-0.39, 0.29) is 24.8 Å². The lowest BCUT2D eigenvalue weighted by molar-refractivity contribution is 0.281. The summed E-state index contributed by atoms with van der Waals surface area (Å²) in [6, 6.07) is 12.5. The second-order valence-electron chi connectivity index (χ2n) is 7.70. The third-order valence-corrected chi connectivity index (χ3v) is 7.23. The van der Waals surface area contributed by atoms with E-state index < -0.39 is 0 Å². The Morgan fingerprint density at radius 1 is 0.909 bits per heavy atom. The molecule has 120 valence electrons. The third kappa shape index (κ3) is 3.45. The number of hydrogen-bond acceptors (Lipinski definition) is 1. The maximum absolute atomic E-state index is 9.66. The number of rotatable bonds is 3. The van der Waals surface area contributed by atoms with Crippen LogP contribution < -0.4 is 5.44 Å². The molecule has 0 bridgehead atoms. The molecule has 0 spiro atoms. The second kappa shape index (κ2) is 6.18. The fourth-order valence-electron chi connectivity index (χ4n) is 3.33. The summed E-state index contributed by atoms with van der Waals surface area (Å²) in [5, 5.41) is 10.1. The minimum Gasteiger partial charge on any atom is -0.392 e. The third-order valence-electron chi connectivity index (χ3n) is 3.72. The van der Waals surface area contributed by atoms with Crippen LogP contribution in [0.4, 0.5) is 0 Å². The Bertz CT molecular complexity index is 617. The maximum Gasteiger partial charge on any atom is 0.0702 e. The molecule has 22 heavy (non-hydrogen) atoms. The van der Waals surface area contributed by atoms with E-state index >= 15 is 0 Å². The second-order valence-corrected chi connectivity index (χ2v) is 11.5. The van der Waals surface area contributed by atoms with E-state index in [1.165, 1.54) is 5.44 Å². The molecule has 0 fully saturated rings. The van der Waals surface area contributed by atoms with Crippen molar-refractivity contribution in [2.24, 2.45) is 0 Å². The van der Waals surface area contributed by atoms with Gasteiger partial charge in [-0.05, 0) is 36.4 Å². The Labute approximate surface area is 135 Å². The van der Waals surface area contributed by atoms with Crippen molar-refractivity contribution in [2.75, 3.05) is 0 Å². The highest BCUT2D eigenvalue weighted by atomic mass is 31.1. The van der Waals surface area contributed by atoms with Gasteiger partial charge >= 0.3 is 0 Å². The van der Waals surface area contributed by atoms with Gasteiger partial charge in [0.15, 0.2) is 0 Å². The number of aliphatic hydroxyl groups is 1. The highest BCUT2D eigenvalue weighted by Gasteiger charge is 2.37. The van der Waals surface area contributed by atoms with Crippen LogP contribution in [0.3, 0.4) is 0 Å². The number of aromatic nitrogens is 1. The van der Waals surface area contributed by atoms with Crippen LogP contribution in [0.5, 0.6) is 0 Å². The number of aliphatic hydroxyl groups excluding tert-OH is 1. The van der Waals surface area contributed by atoms with Gasteiger partial charge in [-0.15, -0.1) is 0 Å². The molecule has 3 heteroatoms.